The quantitative estimate of drug-likeness (QED) is 0.719. The molecule has 3 atom stereocenters. The zero-order chi connectivity index (χ0) is 13.5. The van der Waals surface area contributed by atoms with Crippen LogP contribution in [0.1, 0.15) is 58.6 Å². The van der Waals surface area contributed by atoms with E-state index in [0.29, 0.717) is 12.1 Å². The van der Waals surface area contributed by atoms with Crippen molar-refractivity contribution in [2.24, 2.45) is 5.92 Å². The van der Waals surface area contributed by atoms with E-state index in [9.17, 15) is 0 Å². The molecule has 0 saturated carbocycles. The molecule has 0 aliphatic carbocycles. The molecule has 1 aromatic carbocycles. The minimum absolute atomic E-state index is 0.398. The first kappa shape index (κ1) is 15.7. The zero-order valence-corrected chi connectivity index (χ0v) is 13.6. The highest BCUT2D eigenvalue weighted by Gasteiger charge is 2.15. The lowest BCUT2D eigenvalue weighted by Crippen LogP contribution is -2.32. The average molecular weight is 312 g/mol. The largest absolute Gasteiger partial charge is 0.307 e. The Bertz CT molecular complexity index is 351. The lowest BCUT2D eigenvalue weighted by molar-refractivity contribution is 0.358. The Morgan fingerprint density at radius 1 is 1.11 bits per heavy atom. The van der Waals surface area contributed by atoms with Crippen molar-refractivity contribution in [2.75, 3.05) is 0 Å². The number of hydrogen-bond donors (Lipinski definition) is 1. The van der Waals surface area contributed by atoms with Crippen LogP contribution in [0, 0.1) is 5.92 Å². The summed E-state index contributed by atoms with van der Waals surface area (Å²) in [5, 5.41) is 3.76. The highest BCUT2D eigenvalue weighted by atomic mass is 79.9. The van der Waals surface area contributed by atoms with Crippen molar-refractivity contribution in [3.05, 3.63) is 34.3 Å². The smallest absolute Gasteiger partial charge is 0.0305 e. The molecule has 0 fully saturated rings. The van der Waals surface area contributed by atoms with Crippen LogP contribution in [0.15, 0.2) is 28.7 Å². The first-order valence-corrected chi connectivity index (χ1v) is 7.88. The van der Waals surface area contributed by atoms with Gasteiger partial charge in [-0.3, -0.25) is 0 Å². The molecule has 0 aromatic heterocycles. The van der Waals surface area contributed by atoms with Crippen molar-refractivity contribution in [3.8, 4) is 0 Å². The molecule has 1 rings (SSSR count). The minimum atomic E-state index is 0.398. The van der Waals surface area contributed by atoms with Gasteiger partial charge in [0.15, 0.2) is 0 Å². The molecule has 1 N–H and O–H groups in total. The zero-order valence-electron chi connectivity index (χ0n) is 12.0. The Morgan fingerprint density at radius 2 is 1.78 bits per heavy atom. The Kier molecular flexibility index (Phi) is 6.95. The van der Waals surface area contributed by atoms with Gasteiger partial charge in [0.25, 0.3) is 0 Å². The van der Waals surface area contributed by atoms with Crippen LogP contribution in [-0.2, 0) is 0 Å². The van der Waals surface area contributed by atoms with E-state index in [1.807, 2.05) is 0 Å². The average Bonchev–Trinajstić information content (AvgIpc) is 2.38. The molecule has 0 bridgehead atoms. The van der Waals surface area contributed by atoms with Crippen LogP contribution in [0.2, 0.25) is 0 Å². The van der Waals surface area contributed by atoms with Gasteiger partial charge in [0, 0.05) is 16.6 Å². The van der Waals surface area contributed by atoms with Crippen LogP contribution >= 0.6 is 15.9 Å². The molecule has 2 heteroatoms. The minimum Gasteiger partial charge on any atom is -0.307 e. The highest BCUT2D eigenvalue weighted by Crippen LogP contribution is 2.24. The van der Waals surface area contributed by atoms with Crippen molar-refractivity contribution in [1.29, 1.82) is 0 Å². The van der Waals surface area contributed by atoms with Gasteiger partial charge in [0.2, 0.25) is 0 Å². The first-order valence-electron chi connectivity index (χ1n) is 7.08. The number of halogens is 1. The summed E-state index contributed by atoms with van der Waals surface area (Å²) in [4.78, 5) is 0. The normalized spacial score (nSPS) is 16.3. The van der Waals surface area contributed by atoms with Crippen LogP contribution in [0.5, 0.6) is 0 Å². The van der Waals surface area contributed by atoms with E-state index in [1.165, 1.54) is 29.3 Å². The van der Waals surface area contributed by atoms with E-state index in [4.69, 9.17) is 0 Å². The lowest BCUT2D eigenvalue weighted by atomic mass is 9.96. The molecule has 102 valence electrons. The van der Waals surface area contributed by atoms with Gasteiger partial charge in [-0.05, 0) is 37.3 Å². The van der Waals surface area contributed by atoms with Crippen molar-refractivity contribution < 1.29 is 0 Å². The predicted molar refractivity (Wildman–Crippen MR) is 83.8 cm³/mol. The molecular formula is C16H26BrN. The van der Waals surface area contributed by atoms with E-state index < -0.39 is 0 Å². The molecular weight excluding hydrogens is 286 g/mol. The van der Waals surface area contributed by atoms with Gasteiger partial charge in [0.1, 0.15) is 0 Å². The Hall–Kier alpha value is -0.340. The SMILES string of the molecule is CCC(C)CC(CC)N[C@H](C)c1ccccc1Br. The highest BCUT2D eigenvalue weighted by molar-refractivity contribution is 9.10. The summed E-state index contributed by atoms with van der Waals surface area (Å²) in [6.07, 6.45) is 3.72. The standard InChI is InChI=1S/C16H26BrN/c1-5-12(3)11-14(6-2)18-13(4)15-9-7-8-10-16(15)17/h7-10,12-14,18H,5-6,11H2,1-4H3/t12?,13-,14?/m1/s1. The van der Waals surface area contributed by atoms with Gasteiger partial charge in [-0.1, -0.05) is 61.3 Å². The van der Waals surface area contributed by atoms with Gasteiger partial charge in [-0.15, -0.1) is 0 Å². The van der Waals surface area contributed by atoms with E-state index >= 15 is 0 Å². The fraction of sp³-hybridized carbons (Fsp3) is 0.625. The van der Waals surface area contributed by atoms with Crippen LogP contribution in [-0.4, -0.2) is 6.04 Å². The second kappa shape index (κ2) is 7.96. The fourth-order valence-electron chi connectivity index (χ4n) is 2.27. The Labute approximate surface area is 120 Å². The number of rotatable bonds is 7. The summed E-state index contributed by atoms with van der Waals surface area (Å²) in [7, 11) is 0. The Balaban J connectivity index is 2.62. The molecule has 0 saturated heterocycles. The maximum absolute atomic E-state index is 3.76. The molecule has 0 spiro atoms. The molecule has 0 radical (unpaired) electrons. The second-order valence-electron chi connectivity index (χ2n) is 5.26. The second-order valence-corrected chi connectivity index (χ2v) is 6.12. The molecule has 1 aromatic rings. The van der Waals surface area contributed by atoms with Crippen LogP contribution in [0.4, 0.5) is 0 Å². The lowest BCUT2D eigenvalue weighted by Gasteiger charge is -2.25. The summed E-state index contributed by atoms with van der Waals surface area (Å²) >= 11 is 3.63. The van der Waals surface area contributed by atoms with E-state index in [0.717, 1.165) is 5.92 Å². The fourth-order valence-corrected chi connectivity index (χ4v) is 2.90. The topological polar surface area (TPSA) is 12.0 Å². The molecule has 2 unspecified atom stereocenters. The molecule has 0 aliphatic heterocycles. The van der Waals surface area contributed by atoms with Gasteiger partial charge in [-0.2, -0.15) is 0 Å². The van der Waals surface area contributed by atoms with Crippen LogP contribution in [0.3, 0.4) is 0 Å². The number of hydrogen-bond acceptors (Lipinski definition) is 1. The van der Waals surface area contributed by atoms with Crippen LogP contribution in [0.25, 0.3) is 0 Å². The third-order valence-electron chi connectivity index (χ3n) is 3.73. The summed E-state index contributed by atoms with van der Waals surface area (Å²) < 4.78 is 1.20. The van der Waals surface area contributed by atoms with Crippen molar-refractivity contribution in [3.63, 3.8) is 0 Å². The van der Waals surface area contributed by atoms with Gasteiger partial charge in [-0.25, -0.2) is 0 Å². The summed E-state index contributed by atoms with van der Waals surface area (Å²) in [5.41, 5.74) is 1.35. The maximum atomic E-state index is 3.76. The van der Waals surface area contributed by atoms with Crippen molar-refractivity contribution >= 4 is 15.9 Å². The van der Waals surface area contributed by atoms with E-state index in [-0.39, 0.29) is 0 Å². The van der Waals surface area contributed by atoms with E-state index in [1.54, 1.807) is 0 Å². The van der Waals surface area contributed by atoms with E-state index in [2.05, 4.69) is 73.2 Å². The third kappa shape index (κ3) is 4.74. The van der Waals surface area contributed by atoms with Crippen molar-refractivity contribution in [2.45, 2.75) is 59.0 Å². The summed E-state index contributed by atoms with van der Waals surface area (Å²) in [6, 6.07) is 9.49. The molecule has 0 amide bonds. The molecule has 1 nitrogen and oxygen atoms in total. The number of benzene rings is 1. The van der Waals surface area contributed by atoms with Gasteiger partial charge < -0.3 is 5.32 Å². The summed E-state index contributed by atoms with van der Waals surface area (Å²) in [5.74, 6) is 0.800. The predicted octanol–water partition coefficient (Wildman–Crippen LogP) is 5.31. The molecule has 18 heavy (non-hydrogen) atoms. The molecule has 0 heterocycles. The first-order chi connectivity index (χ1) is 8.58. The van der Waals surface area contributed by atoms with Gasteiger partial charge >= 0.3 is 0 Å². The Morgan fingerprint density at radius 3 is 2.33 bits per heavy atom. The third-order valence-corrected chi connectivity index (χ3v) is 4.46. The monoisotopic (exact) mass is 311 g/mol. The van der Waals surface area contributed by atoms with Crippen molar-refractivity contribution in [1.82, 2.24) is 5.32 Å². The number of nitrogens with one attached hydrogen (secondary N) is 1. The summed E-state index contributed by atoms with van der Waals surface area (Å²) in [6.45, 7) is 9.13. The van der Waals surface area contributed by atoms with Gasteiger partial charge in [0.05, 0.1) is 0 Å². The maximum Gasteiger partial charge on any atom is 0.0305 e. The molecule has 0 aliphatic rings. The van der Waals surface area contributed by atoms with Crippen LogP contribution < -0.4 is 5.32 Å².